The molecule has 2 aromatic carbocycles. The van der Waals surface area contributed by atoms with E-state index in [-0.39, 0.29) is 61.4 Å². The molecule has 0 atom stereocenters. The molecule has 0 bridgehead atoms. The van der Waals surface area contributed by atoms with Crippen LogP contribution >= 0.6 is 0 Å². The largest absolute Gasteiger partial charge is 0.419 e. The number of hydrogen-bond donors (Lipinski definition) is 0. The van der Waals surface area contributed by atoms with Crippen LogP contribution in [0.4, 0.5) is 36.4 Å². The molecule has 2 amide bonds. The zero-order valence-electron chi connectivity index (χ0n) is 22.0. The van der Waals surface area contributed by atoms with E-state index >= 15 is 0 Å². The molecule has 0 radical (unpaired) electrons. The maximum absolute atomic E-state index is 15.0. The predicted octanol–water partition coefficient (Wildman–Crippen LogP) is 5.70. The number of carbonyl (C=O) groups is 2. The number of aromatic nitrogens is 3. The fourth-order valence-electron chi connectivity index (χ4n) is 5.54. The van der Waals surface area contributed by atoms with Crippen LogP contribution in [0, 0.1) is 23.3 Å². The second kappa shape index (κ2) is 10.5. The first kappa shape index (κ1) is 28.4. The van der Waals surface area contributed by atoms with Gasteiger partial charge in [0.1, 0.15) is 17.3 Å². The summed E-state index contributed by atoms with van der Waals surface area (Å²) < 4.78 is 98.2. The Morgan fingerprint density at radius 2 is 1.67 bits per heavy atom. The maximum Gasteiger partial charge on any atom is 0.419 e. The van der Waals surface area contributed by atoms with Crippen molar-refractivity contribution in [1.82, 2.24) is 19.7 Å². The van der Waals surface area contributed by atoms with Gasteiger partial charge in [-0.05, 0) is 48.7 Å². The Kier molecular flexibility index (Phi) is 6.93. The number of alkyl halides is 3. The van der Waals surface area contributed by atoms with Gasteiger partial charge in [-0.15, -0.1) is 0 Å². The third kappa shape index (κ3) is 5.00. The molecule has 222 valence electrons. The third-order valence-electron chi connectivity index (χ3n) is 7.58. The van der Waals surface area contributed by atoms with Crippen molar-refractivity contribution in [3.8, 4) is 16.9 Å². The highest BCUT2D eigenvalue weighted by atomic mass is 19.4. The maximum atomic E-state index is 15.0. The van der Waals surface area contributed by atoms with Gasteiger partial charge in [0.2, 0.25) is 5.91 Å². The monoisotopic (exact) mass is 603 g/mol. The van der Waals surface area contributed by atoms with Gasteiger partial charge in [-0.3, -0.25) is 14.6 Å². The third-order valence-corrected chi connectivity index (χ3v) is 7.58. The molecule has 4 aromatic rings. The Labute approximate surface area is 239 Å². The van der Waals surface area contributed by atoms with Crippen molar-refractivity contribution >= 4 is 17.5 Å². The number of fused-ring (bicyclic) bond motifs is 1. The van der Waals surface area contributed by atoms with Crippen LogP contribution in [-0.2, 0) is 17.4 Å². The number of piperidine rings is 1. The summed E-state index contributed by atoms with van der Waals surface area (Å²) in [7, 11) is 0. The van der Waals surface area contributed by atoms with E-state index < -0.39 is 52.6 Å². The van der Waals surface area contributed by atoms with Gasteiger partial charge < -0.3 is 9.80 Å². The van der Waals surface area contributed by atoms with Crippen molar-refractivity contribution in [1.29, 1.82) is 0 Å². The van der Waals surface area contributed by atoms with Gasteiger partial charge in [0, 0.05) is 43.2 Å². The van der Waals surface area contributed by atoms with Gasteiger partial charge in [-0.25, -0.2) is 22.2 Å². The molecule has 2 aliphatic rings. The summed E-state index contributed by atoms with van der Waals surface area (Å²) in [6.45, 7) is 0.218. The van der Waals surface area contributed by atoms with E-state index in [0.717, 1.165) is 10.7 Å². The molecule has 0 spiro atoms. The molecule has 2 aliphatic heterocycles. The number of rotatable bonds is 4. The second-order valence-electron chi connectivity index (χ2n) is 10.2. The number of nitrogens with zero attached hydrogens (tertiary/aromatic N) is 5. The summed E-state index contributed by atoms with van der Waals surface area (Å²) in [6, 6.07) is 6.60. The van der Waals surface area contributed by atoms with Gasteiger partial charge in [-0.2, -0.15) is 18.3 Å². The van der Waals surface area contributed by atoms with E-state index in [1.165, 1.54) is 40.4 Å². The summed E-state index contributed by atoms with van der Waals surface area (Å²) >= 11 is 0. The molecule has 2 aromatic heterocycles. The van der Waals surface area contributed by atoms with Crippen LogP contribution in [0.2, 0.25) is 0 Å². The first-order valence-corrected chi connectivity index (χ1v) is 13.1. The van der Waals surface area contributed by atoms with Gasteiger partial charge in [0.25, 0.3) is 5.91 Å². The molecule has 1 saturated heterocycles. The van der Waals surface area contributed by atoms with Crippen molar-refractivity contribution in [3.63, 3.8) is 0 Å². The van der Waals surface area contributed by atoms with Crippen molar-refractivity contribution < 1.29 is 40.3 Å². The lowest BCUT2D eigenvalue weighted by molar-refractivity contribution is -0.140. The zero-order chi connectivity index (χ0) is 30.6. The lowest BCUT2D eigenvalue weighted by Gasteiger charge is -2.36. The van der Waals surface area contributed by atoms with Crippen LogP contribution in [0.1, 0.15) is 34.5 Å². The predicted molar refractivity (Wildman–Crippen MR) is 138 cm³/mol. The minimum absolute atomic E-state index is 0.0259. The first-order chi connectivity index (χ1) is 20.4. The fourth-order valence-corrected chi connectivity index (χ4v) is 5.54. The summed E-state index contributed by atoms with van der Waals surface area (Å²) in [5.41, 5.74) is -1.96. The van der Waals surface area contributed by atoms with Gasteiger partial charge >= 0.3 is 6.18 Å². The number of anilines is 1. The molecule has 7 nitrogen and oxygen atoms in total. The lowest BCUT2D eigenvalue weighted by atomic mass is 10.0. The highest BCUT2D eigenvalue weighted by Gasteiger charge is 2.39. The van der Waals surface area contributed by atoms with Crippen molar-refractivity contribution in [3.05, 3.63) is 94.9 Å². The molecule has 0 saturated carbocycles. The van der Waals surface area contributed by atoms with Crippen LogP contribution < -0.4 is 4.90 Å². The number of benzene rings is 2. The summed E-state index contributed by atoms with van der Waals surface area (Å²) in [6.07, 6.45) is -1.92. The van der Waals surface area contributed by atoms with Crippen molar-refractivity contribution in [2.24, 2.45) is 0 Å². The lowest BCUT2D eigenvalue weighted by Crippen LogP contribution is -2.48. The number of carbonyl (C=O) groups excluding carboxylic acids is 2. The fraction of sp³-hybridized carbons (Fsp3) is 0.241. The van der Waals surface area contributed by atoms with E-state index in [1.54, 1.807) is 6.07 Å². The average Bonchev–Trinajstić information content (AvgIpc) is 3.57. The Balaban J connectivity index is 1.29. The highest BCUT2D eigenvalue weighted by molar-refractivity contribution is 6.02. The number of hydrogen-bond acceptors (Lipinski definition) is 4. The Hall–Kier alpha value is -4.75. The number of halogens is 7. The van der Waals surface area contributed by atoms with E-state index in [1.807, 2.05) is 0 Å². The Morgan fingerprint density at radius 3 is 2.35 bits per heavy atom. The van der Waals surface area contributed by atoms with Crippen molar-refractivity contribution in [2.45, 2.75) is 31.5 Å². The topological polar surface area (TPSA) is 71.3 Å². The smallest absolute Gasteiger partial charge is 0.337 e. The van der Waals surface area contributed by atoms with E-state index in [9.17, 15) is 40.3 Å². The quantitative estimate of drug-likeness (QED) is 0.281. The minimum Gasteiger partial charge on any atom is -0.337 e. The normalized spacial score (nSPS) is 15.7. The van der Waals surface area contributed by atoms with Gasteiger partial charge in [0.15, 0.2) is 17.3 Å². The summed E-state index contributed by atoms with van der Waals surface area (Å²) in [5, 5.41) is 4.14. The molecule has 6 rings (SSSR count). The molecule has 4 heterocycles. The van der Waals surface area contributed by atoms with Gasteiger partial charge in [0.05, 0.1) is 23.4 Å². The van der Waals surface area contributed by atoms with Gasteiger partial charge in [-0.1, -0.05) is 6.07 Å². The van der Waals surface area contributed by atoms with E-state index in [0.29, 0.717) is 17.2 Å². The molecule has 0 aliphatic carbocycles. The van der Waals surface area contributed by atoms with Crippen LogP contribution in [0.3, 0.4) is 0 Å². The second-order valence-corrected chi connectivity index (χ2v) is 10.2. The molecule has 43 heavy (non-hydrogen) atoms. The molecule has 0 N–H and O–H groups in total. The molecular formula is C29H20F7N5O2. The Morgan fingerprint density at radius 1 is 0.930 bits per heavy atom. The molecule has 1 fully saturated rings. The molecular weight excluding hydrogens is 583 g/mol. The average molecular weight is 603 g/mol. The Bertz CT molecular complexity index is 1750. The number of likely N-dealkylation sites (tertiary alicyclic amines) is 1. The summed E-state index contributed by atoms with van der Waals surface area (Å²) in [4.78, 5) is 32.8. The van der Waals surface area contributed by atoms with Crippen LogP contribution in [0.15, 0.2) is 54.9 Å². The molecule has 0 unspecified atom stereocenters. The van der Waals surface area contributed by atoms with Crippen LogP contribution in [-0.4, -0.2) is 50.6 Å². The SMILES string of the molecule is O=C(c1cc(-c2cccnc2)n(-c2cc(F)c(C(F)(F)F)cc2F)n1)N1CCC(N2C(=O)Cc3ccc(F)c(F)c32)CC1. The standard InChI is InChI=1S/C29H20F7N5O2/c30-19-4-3-15-10-25(42)40(27(15)26(19)33)17-5-8-39(9-6-17)28(43)22-13-23(16-2-1-7-37-14-16)41(38-22)24-12-20(31)18(11-21(24)32)29(34,35)36/h1-4,7,11-14,17H,5-6,8-10H2. The van der Waals surface area contributed by atoms with Crippen LogP contribution in [0.25, 0.3) is 16.9 Å². The number of pyridine rings is 1. The summed E-state index contributed by atoms with van der Waals surface area (Å²) in [5.74, 6) is -6.31. The van der Waals surface area contributed by atoms with Crippen LogP contribution in [0.5, 0.6) is 0 Å². The van der Waals surface area contributed by atoms with Crippen molar-refractivity contribution in [2.75, 3.05) is 18.0 Å². The zero-order valence-corrected chi connectivity index (χ0v) is 22.0. The number of amides is 2. The highest BCUT2D eigenvalue weighted by Crippen LogP contribution is 2.38. The van der Waals surface area contributed by atoms with E-state index in [2.05, 4.69) is 10.1 Å². The minimum atomic E-state index is -5.13. The van der Waals surface area contributed by atoms with E-state index in [4.69, 9.17) is 0 Å². The molecule has 14 heteroatoms. The first-order valence-electron chi connectivity index (χ1n) is 13.1.